The first-order valence-corrected chi connectivity index (χ1v) is 12.9. The Bertz CT molecular complexity index is 1620. The van der Waals surface area contributed by atoms with Gasteiger partial charge in [-0.25, -0.2) is 12.8 Å². The van der Waals surface area contributed by atoms with Crippen LogP contribution >= 0.6 is 0 Å². The molecule has 0 unspecified atom stereocenters. The number of carbonyl (C=O) groups excluding carboxylic acids is 2. The lowest BCUT2D eigenvalue weighted by Crippen LogP contribution is -2.41. The zero-order valence-electron chi connectivity index (χ0n) is 19.5. The molecule has 0 radical (unpaired) electrons. The summed E-state index contributed by atoms with van der Waals surface area (Å²) in [5.74, 6) is -1.68. The highest BCUT2D eigenvalue weighted by Gasteiger charge is 2.40. The maximum Gasteiger partial charge on any atom is 0.265 e. The quantitative estimate of drug-likeness (QED) is 0.368. The van der Waals surface area contributed by atoms with Gasteiger partial charge >= 0.3 is 0 Å². The summed E-state index contributed by atoms with van der Waals surface area (Å²) in [4.78, 5) is 27.1. The number of Topliss-reactive ketones (excluding diaryl/α,β-unsaturated/α-hetero) is 1. The molecule has 0 atom stereocenters. The molecule has 0 bridgehead atoms. The highest BCUT2D eigenvalue weighted by molar-refractivity contribution is 7.89. The van der Waals surface area contributed by atoms with Crippen molar-refractivity contribution in [3.8, 4) is 0 Å². The van der Waals surface area contributed by atoms with E-state index >= 15 is 0 Å². The zero-order chi connectivity index (χ0) is 26.0. The van der Waals surface area contributed by atoms with E-state index in [2.05, 4.69) is 5.32 Å². The predicted octanol–water partition coefficient (Wildman–Crippen LogP) is 5.01. The third-order valence-electron chi connectivity index (χ3n) is 5.98. The van der Waals surface area contributed by atoms with Crippen molar-refractivity contribution in [3.63, 3.8) is 0 Å². The molecule has 5 rings (SSSR count). The summed E-state index contributed by atoms with van der Waals surface area (Å²) in [5, 5.41) is 2.76. The number of hydrogen-bond acceptors (Lipinski definition) is 4. The first-order chi connectivity index (χ1) is 17.9. The fourth-order valence-electron chi connectivity index (χ4n) is 4.17. The van der Waals surface area contributed by atoms with E-state index < -0.39 is 27.5 Å². The average Bonchev–Trinajstić information content (AvgIpc) is 2.92. The number of rotatable bonds is 6. The summed E-state index contributed by atoms with van der Waals surface area (Å²) in [6.45, 7) is -0.124. The van der Waals surface area contributed by atoms with Gasteiger partial charge in [-0.15, -0.1) is 0 Å². The van der Waals surface area contributed by atoms with Crippen molar-refractivity contribution in [3.05, 3.63) is 143 Å². The molecule has 0 spiro atoms. The molecule has 184 valence electrons. The van der Waals surface area contributed by atoms with Gasteiger partial charge in [-0.3, -0.25) is 13.9 Å². The monoisotopic (exact) mass is 512 g/mol. The lowest BCUT2D eigenvalue weighted by Gasteiger charge is -2.34. The molecule has 0 aromatic heterocycles. The van der Waals surface area contributed by atoms with Gasteiger partial charge in [-0.05, 0) is 35.9 Å². The number of ketones is 1. The molecule has 4 aromatic carbocycles. The highest BCUT2D eigenvalue weighted by Crippen LogP contribution is 2.38. The molecule has 1 N–H and O–H groups in total. The lowest BCUT2D eigenvalue weighted by molar-refractivity contribution is 0.0972. The van der Waals surface area contributed by atoms with Gasteiger partial charge in [0, 0.05) is 16.7 Å². The van der Waals surface area contributed by atoms with E-state index in [-0.39, 0.29) is 39.5 Å². The first kappa shape index (κ1) is 24.1. The third kappa shape index (κ3) is 4.66. The van der Waals surface area contributed by atoms with E-state index in [0.29, 0.717) is 5.56 Å². The highest BCUT2D eigenvalue weighted by atomic mass is 32.2. The molecule has 4 aromatic rings. The number of allylic oxidation sites excluding steroid dienone is 1. The number of hydrogen-bond donors (Lipinski definition) is 1. The lowest BCUT2D eigenvalue weighted by atomic mass is 10.0. The Morgan fingerprint density at radius 3 is 2.00 bits per heavy atom. The molecule has 1 aliphatic rings. The molecule has 0 saturated carbocycles. The molecule has 6 nitrogen and oxygen atoms in total. The minimum Gasteiger partial charge on any atom is -0.319 e. The number of sulfonamides is 1. The van der Waals surface area contributed by atoms with Crippen molar-refractivity contribution in [1.29, 1.82) is 0 Å². The topological polar surface area (TPSA) is 83.6 Å². The standard InChI is InChI=1S/C29H21FN2O4S/c30-23-17-15-22(16-18-23)29(34)31-26-24-13-7-8-14-25(24)37(35,36)32(19-20-9-3-1-4-10-20)27(26)28(33)21-11-5-2-6-12-21/h1-18H,19H2,(H,31,34). The maximum absolute atomic E-state index is 13.9. The normalized spacial score (nSPS) is 14.1. The molecule has 0 saturated heterocycles. The van der Waals surface area contributed by atoms with Crippen molar-refractivity contribution in [2.45, 2.75) is 11.4 Å². The molecule has 1 aliphatic heterocycles. The van der Waals surface area contributed by atoms with E-state index in [1.807, 2.05) is 6.07 Å². The minimum atomic E-state index is -4.17. The third-order valence-corrected chi connectivity index (χ3v) is 7.78. The fourth-order valence-corrected chi connectivity index (χ4v) is 5.84. The SMILES string of the molecule is O=C(NC1=C(C(=O)c2ccccc2)N(Cc2ccccc2)S(=O)(=O)c2ccccc21)c1ccc(F)cc1. The molecule has 1 amide bonds. The van der Waals surface area contributed by atoms with Crippen molar-refractivity contribution >= 4 is 27.4 Å². The molecule has 37 heavy (non-hydrogen) atoms. The number of benzene rings is 4. The van der Waals surface area contributed by atoms with Crippen LogP contribution in [0.4, 0.5) is 4.39 Å². The van der Waals surface area contributed by atoms with Gasteiger partial charge < -0.3 is 5.32 Å². The van der Waals surface area contributed by atoms with Gasteiger partial charge in [0.05, 0.1) is 17.1 Å². The Balaban J connectivity index is 1.74. The molecular weight excluding hydrogens is 491 g/mol. The fraction of sp³-hybridized carbons (Fsp3) is 0.0345. The smallest absolute Gasteiger partial charge is 0.265 e. The van der Waals surface area contributed by atoms with Crippen molar-refractivity contribution < 1.29 is 22.4 Å². The van der Waals surface area contributed by atoms with Gasteiger partial charge in [0.2, 0.25) is 5.78 Å². The Hall–Kier alpha value is -4.56. The largest absolute Gasteiger partial charge is 0.319 e. The zero-order valence-corrected chi connectivity index (χ0v) is 20.3. The van der Waals surface area contributed by atoms with Crippen molar-refractivity contribution in [1.82, 2.24) is 9.62 Å². The molecule has 0 fully saturated rings. The van der Waals surface area contributed by atoms with Crippen LogP contribution in [0.3, 0.4) is 0 Å². The first-order valence-electron chi connectivity index (χ1n) is 11.4. The summed E-state index contributed by atoms with van der Waals surface area (Å²) < 4.78 is 42.2. The summed E-state index contributed by atoms with van der Waals surface area (Å²) in [5.41, 5.74) is 1.16. The molecular formula is C29H21FN2O4S. The molecule has 1 heterocycles. The van der Waals surface area contributed by atoms with E-state index in [4.69, 9.17) is 0 Å². The van der Waals surface area contributed by atoms with Gasteiger partial charge in [0.1, 0.15) is 11.5 Å². The second kappa shape index (κ2) is 9.83. The number of fused-ring (bicyclic) bond motifs is 1. The second-order valence-electron chi connectivity index (χ2n) is 8.37. The van der Waals surface area contributed by atoms with Crippen LogP contribution in [0.25, 0.3) is 5.70 Å². The maximum atomic E-state index is 13.9. The average molecular weight is 513 g/mol. The van der Waals surface area contributed by atoms with Crippen LogP contribution in [0, 0.1) is 5.82 Å². The second-order valence-corrected chi connectivity index (χ2v) is 10.2. The van der Waals surface area contributed by atoms with Gasteiger partial charge in [0.15, 0.2) is 0 Å². The number of nitrogens with one attached hydrogen (secondary N) is 1. The van der Waals surface area contributed by atoms with Crippen LogP contribution in [0.15, 0.2) is 120 Å². The van der Waals surface area contributed by atoms with E-state index in [0.717, 1.165) is 16.4 Å². The van der Waals surface area contributed by atoms with Crippen molar-refractivity contribution in [2.75, 3.05) is 0 Å². The summed E-state index contributed by atoms with van der Waals surface area (Å²) in [6.07, 6.45) is 0. The van der Waals surface area contributed by atoms with Crippen LogP contribution in [-0.2, 0) is 16.6 Å². The van der Waals surface area contributed by atoms with Crippen LogP contribution in [-0.4, -0.2) is 24.4 Å². The van der Waals surface area contributed by atoms with E-state index in [1.165, 1.54) is 18.2 Å². The van der Waals surface area contributed by atoms with Gasteiger partial charge in [-0.2, -0.15) is 0 Å². The number of amides is 1. The summed E-state index contributed by atoms with van der Waals surface area (Å²) in [6, 6.07) is 28.3. The van der Waals surface area contributed by atoms with Gasteiger partial charge in [-0.1, -0.05) is 78.9 Å². The summed E-state index contributed by atoms with van der Waals surface area (Å²) >= 11 is 0. The number of nitrogens with zero attached hydrogens (tertiary/aromatic N) is 1. The number of halogens is 1. The minimum absolute atomic E-state index is 0.0371. The number of carbonyl (C=O) groups is 2. The summed E-state index contributed by atoms with van der Waals surface area (Å²) in [7, 11) is -4.17. The van der Waals surface area contributed by atoms with Gasteiger partial charge in [0.25, 0.3) is 15.9 Å². The van der Waals surface area contributed by atoms with Crippen LogP contribution in [0.2, 0.25) is 0 Å². The Morgan fingerprint density at radius 2 is 1.32 bits per heavy atom. The molecule has 0 aliphatic carbocycles. The van der Waals surface area contributed by atoms with E-state index in [9.17, 15) is 22.4 Å². The Morgan fingerprint density at radius 1 is 0.730 bits per heavy atom. The van der Waals surface area contributed by atoms with Crippen LogP contribution in [0.1, 0.15) is 31.8 Å². The molecule has 8 heteroatoms. The Labute approximate surface area is 213 Å². The van der Waals surface area contributed by atoms with Crippen molar-refractivity contribution in [2.24, 2.45) is 0 Å². The Kier molecular flexibility index (Phi) is 6.42. The predicted molar refractivity (Wildman–Crippen MR) is 137 cm³/mol. The van der Waals surface area contributed by atoms with Crippen LogP contribution < -0.4 is 5.32 Å². The van der Waals surface area contributed by atoms with Crippen LogP contribution in [0.5, 0.6) is 0 Å². The van der Waals surface area contributed by atoms with E-state index in [1.54, 1.807) is 72.8 Å².